The van der Waals surface area contributed by atoms with Crippen molar-refractivity contribution in [2.24, 2.45) is 0 Å². The summed E-state index contributed by atoms with van der Waals surface area (Å²) in [6.07, 6.45) is 3.42. The summed E-state index contributed by atoms with van der Waals surface area (Å²) in [6, 6.07) is 8.08. The maximum atomic E-state index is 11.8. The predicted molar refractivity (Wildman–Crippen MR) is 81.2 cm³/mol. The number of anilines is 1. The molecule has 0 aliphatic carbocycles. The summed E-state index contributed by atoms with van der Waals surface area (Å²) in [5, 5.41) is 0. The van der Waals surface area contributed by atoms with Crippen LogP contribution in [0.1, 0.15) is 13.8 Å². The lowest BCUT2D eigenvalue weighted by Gasteiger charge is -2.36. The third kappa shape index (κ3) is 3.32. The number of piperazine rings is 1. The van der Waals surface area contributed by atoms with Crippen LogP contribution < -0.4 is 9.64 Å². The van der Waals surface area contributed by atoms with Gasteiger partial charge in [-0.25, -0.2) is 0 Å². The Morgan fingerprint density at radius 2 is 1.95 bits per heavy atom. The van der Waals surface area contributed by atoms with Gasteiger partial charge in [0.25, 0.3) is 0 Å². The molecule has 108 valence electrons. The first-order valence-corrected chi connectivity index (χ1v) is 7.14. The van der Waals surface area contributed by atoms with Crippen LogP contribution in [0.5, 0.6) is 5.75 Å². The van der Waals surface area contributed by atoms with E-state index in [9.17, 15) is 4.79 Å². The molecule has 1 heterocycles. The summed E-state index contributed by atoms with van der Waals surface area (Å²) in [5.41, 5.74) is 1.12. The van der Waals surface area contributed by atoms with Gasteiger partial charge in [-0.1, -0.05) is 18.2 Å². The van der Waals surface area contributed by atoms with E-state index in [1.54, 1.807) is 12.2 Å². The Balaban J connectivity index is 2.02. The van der Waals surface area contributed by atoms with E-state index < -0.39 is 0 Å². The van der Waals surface area contributed by atoms with Gasteiger partial charge in [-0.15, -0.1) is 0 Å². The summed E-state index contributed by atoms with van der Waals surface area (Å²) >= 11 is 0. The molecule has 1 fully saturated rings. The molecule has 4 heteroatoms. The number of para-hydroxylation sites is 2. The Kier molecular flexibility index (Phi) is 5.04. The van der Waals surface area contributed by atoms with Crippen molar-refractivity contribution < 1.29 is 9.53 Å². The second-order valence-corrected chi connectivity index (χ2v) is 4.71. The first kappa shape index (κ1) is 14.4. The molecule has 0 bridgehead atoms. The molecule has 0 unspecified atom stereocenters. The fourth-order valence-corrected chi connectivity index (χ4v) is 2.41. The first-order valence-electron chi connectivity index (χ1n) is 7.14. The number of benzene rings is 1. The van der Waals surface area contributed by atoms with E-state index in [1.807, 2.05) is 36.9 Å². The standard InChI is InChI=1S/C16H22N2O2/c1-3-7-16(19)18-12-10-17(11-13-18)14-8-5-6-9-15(14)20-4-2/h3,5-9H,4,10-13H2,1-2H3/b7-3+. The first-order chi connectivity index (χ1) is 9.76. The molecule has 0 N–H and O–H groups in total. The van der Waals surface area contributed by atoms with Crippen molar-refractivity contribution >= 4 is 11.6 Å². The lowest BCUT2D eigenvalue weighted by atomic mass is 10.2. The minimum Gasteiger partial charge on any atom is -0.492 e. The molecule has 0 saturated carbocycles. The normalized spacial score (nSPS) is 15.7. The van der Waals surface area contributed by atoms with Crippen LogP contribution in [0.15, 0.2) is 36.4 Å². The minimum atomic E-state index is 0.102. The van der Waals surface area contributed by atoms with E-state index in [-0.39, 0.29) is 5.91 Å². The Labute approximate surface area is 120 Å². The molecule has 0 spiro atoms. The fraction of sp³-hybridized carbons (Fsp3) is 0.438. The van der Waals surface area contributed by atoms with Crippen molar-refractivity contribution in [2.75, 3.05) is 37.7 Å². The lowest BCUT2D eigenvalue weighted by molar-refractivity contribution is -0.126. The van der Waals surface area contributed by atoms with Crippen molar-refractivity contribution in [2.45, 2.75) is 13.8 Å². The molecule has 1 amide bonds. The van der Waals surface area contributed by atoms with E-state index in [4.69, 9.17) is 4.74 Å². The SMILES string of the molecule is C/C=C/C(=O)N1CCN(c2ccccc2OCC)CC1. The largest absolute Gasteiger partial charge is 0.492 e. The van der Waals surface area contributed by atoms with Gasteiger partial charge in [-0.2, -0.15) is 0 Å². The minimum absolute atomic E-state index is 0.102. The fourth-order valence-electron chi connectivity index (χ4n) is 2.41. The van der Waals surface area contributed by atoms with Gasteiger partial charge in [-0.3, -0.25) is 4.79 Å². The number of ether oxygens (including phenoxy) is 1. The molecule has 0 atom stereocenters. The summed E-state index contributed by atoms with van der Waals surface area (Å²) in [5.74, 6) is 1.02. The average molecular weight is 274 g/mol. The molecule has 1 aliphatic heterocycles. The number of hydrogen-bond acceptors (Lipinski definition) is 3. The molecule has 0 aromatic heterocycles. The monoisotopic (exact) mass is 274 g/mol. The highest BCUT2D eigenvalue weighted by molar-refractivity contribution is 5.87. The van der Waals surface area contributed by atoms with E-state index in [2.05, 4.69) is 11.0 Å². The summed E-state index contributed by atoms with van der Waals surface area (Å²) < 4.78 is 5.67. The molecule has 1 aromatic rings. The van der Waals surface area contributed by atoms with Crippen LogP contribution in [-0.2, 0) is 4.79 Å². The van der Waals surface area contributed by atoms with Crippen LogP contribution in [0.3, 0.4) is 0 Å². The molecule has 20 heavy (non-hydrogen) atoms. The highest BCUT2D eigenvalue weighted by Gasteiger charge is 2.21. The van der Waals surface area contributed by atoms with Crippen LogP contribution in [0, 0.1) is 0 Å². The molecular weight excluding hydrogens is 252 g/mol. The summed E-state index contributed by atoms with van der Waals surface area (Å²) in [6.45, 7) is 7.71. The van der Waals surface area contributed by atoms with Gasteiger partial charge in [-0.05, 0) is 32.1 Å². The number of allylic oxidation sites excluding steroid dienone is 1. The zero-order chi connectivity index (χ0) is 14.4. The third-order valence-electron chi connectivity index (χ3n) is 3.41. The number of hydrogen-bond donors (Lipinski definition) is 0. The molecule has 2 rings (SSSR count). The summed E-state index contributed by atoms with van der Waals surface area (Å²) in [4.78, 5) is 16.0. The maximum absolute atomic E-state index is 11.8. The zero-order valence-electron chi connectivity index (χ0n) is 12.2. The zero-order valence-corrected chi connectivity index (χ0v) is 12.2. The highest BCUT2D eigenvalue weighted by atomic mass is 16.5. The van der Waals surface area contributed by atoms with Crippen LogP contribution >= 0.6 is 0 Å². The van der Waals surface area contributed by atoms with Crippen molar-refractivity contribution in [1.82, 2.24) is 4.90 Å². The second kappa shape index (κ2) is 6.98. The smallest absolute Gasteiger partial charge is 0.246 e. The molecule has 4 nitrogen and oxygen atoms in total. The Morgan fingerprint density at radius 1 is 1.25 bits per heavy atom. The molecule has 1 aromatic carbocycles. The van der Waals surface area contributed by atoms with Crippen LogP contribution in [0.2, 0.25) is 0 Å². The lowest BCUT2D eigenvalue weighted by Crippen LogP contribution is -2.48. The molecular formula is C16H22N2O2. The number of carbonyl (C=O) groups excluding carboxylic acids is 1. The molecule has 1 aliphatic rings. The van der Waals surface area contributed by atoms with Gasteiger partial charge in [0.05, 0.1) is 12.3 Å². The predicted octanol–water partition coefficient (Wildman–Crippen LogP) is 2.31. The van der Waals surface area contributed by atoms with Gasteiger partial charge in [0, 0.05) is 26.2 Å². The second-order valence-electron chi connectivity index (χ2n) is 4.71. The third-order valence-corrected chi connectivity index (χ3v) is 3.41. The highest BCUT2D eigenvalue weighted by Crippen LogP contribution is 2.28. The molecule has 0 radical (unpaired) electrons. The quantitative estimate of drug-likeness (QED) is 0.790. The van der Waals surface area contributed by atoms with Crippen molar-refractivity contribution in [3.63, 3.8) is 0 Å². The number of nitrogens with zero attached hydrogens (tertiary/aromatic N) is 2. The van der Waals surface area contributed by atoms with Gasteiger partial charge in [0.15, 0.2) is 0 Å². The van der Waals surface area contributed by atoms with Gasteiger partial charge < -0.3 is 14.5 Å². The van der Waals surface area contributed by atoms with E-state index in [0.717, 1.165) is 37.6 Å². The molecule has 1 saturated heterocycles. The summed E-state index contributed by atoms with van der Waals surface area (Å²) in [7, 11) is 0. The average Bonchev–Trinajstić information content (AvgIpc) is 2.49. The number of rotatable bonds is 4. The van der Waals surface area contributed by atoms with Crippen molar-refractivity contribution in [3.05, 3.63) is 36.4 Å². The van der Waals surface area contributed by atoms with E-state index >= 15 is 0 Å². The van der Waals surface area contributed by atoms with Crippen molar-refractivity contribution in [3.8, 4) is 5.75 Å². The van der Waals surface area contributed by atoms with Crippen LogP contribution in [0.4, 0.5) is 5.69 Å². The van der Waals surface area contributed by atoms with Gasteiger partial charge in [0.2, 0.25) is 5.91 Å². The topological polar surface area (TPSA) is 32.8 Å². The van der Waals surface area contributed by atoms with Crippen LogP contribution in [0.25, 0.3) is 0 Å². The van der Waals surface area contributed by atoms with Gasteiger partial charge >= 0.3 is 0 Å². The van der Waals surface area contributed by atoms with Crippen molar-refractivity contribution in [1.29, 1.82) is 0 Å². The maximum Gasteiger partial charge on any atom is 0.246 e. The Morgan fingerprint density at radius 3 is 2.60 bits per heavy atom. The van der Waals surface area contributed by atoms with E-state index in [0.29, 0.717) is 6.61 Å². The number of carbonyl (C=O) groups is 1. The Hall–Kier alpha value is -1.97. The van der Waals surface area contributed by atoms with Crippen LogP contribution in [-0.4, -0.2) is 43.6 Å². The van der Waals surface area contributed by atoms with Gasteiger partial charge in [0.1, 0.15) is 5.75 Å². The Bertz CT molecular complexity index is 477. The number of amides is 1. The van der Waals surface area contributed by atoms with E-state index in [1.165, 1.54) is 0 Å².